The molecule has 5 amide bonds. The van der Waals surface area contributed by atoms with Crippen LogP contribution in [0, 0.1) is 12.8 Å². The van der Waals surface area contributed by atoms with Crippen LogP contribution >= 0.6 is 34.5 Å². The molecule has 0 bridgehead atoms. The van der Waals surface area contributed by atoms with E-state index in [2.05, 4.69) is 22.9 Å². The van der Waals surface area contributed by atoms with Crippen molar-refractivity contribution in [2.45, 2.75) is 77.5 Å². The molecule has 3 heterocycles. The van der Waals surface area contributed by atoms with Crippen molar-refractivity contribution in [2.24, 2.45) is 11.7 Å². The van der Waals surface area contributed by atoms with Crippen LogP contribution in [0.3, 0.4) is 0 Å². The van der Waals surface area contributed by atoms with E-state index in [1.54, 1.807) is 41.1 Å². The molecule has 0 saturated carbocycles. The molecule has 7 rings (SSSR count). The van der Waals surface area contributed by atoms with Crippen molar-refractivity contribution in [3.63, 3.8) is 0 Å². The van der Waals surface area contributed by atoms with Crippen LogP contribution in [0.15, 0.2) is 72.1 Å². The zero-order valence-electron chi connectivity index (χ0n) is 34.5. The van der Waals surface area contributed by atoms with Gasteiger partial charge in [-0.25, -0.2) is 4.79 Å². The van der Waals surface area contributed by atoms with E-state index in [1.807, 2.05) is 60.7 Å². The van der Waals surface area contributed by atoms with Crippen LogP contribution in [-0.2, 0) is 30.5 Å². The molecule has 320 valence electrons. The monoisotopic (exact) mass is 885 g/mol. The van der Waals surface area contributed by atoms with Crippen LogP contribution < -0.4 is 30.9 Å². The van der Waals surface area contributed by atoms with Gasteiger partial charge in [-0.1, -0.05) is 68.4 Å². The molecule has 0 spiro atoms. The maximum atomic E-state index is 14.1. The Morgan fingerprint density at radius 3 is 2.07 bits per heavy atom. The molecule has 0 aliphatic carbocycles. The Morgan fingerprint density at radius 1 is 0.836 bits per heavy atom. The fourth-order valence-corrected chi connectivity index (χ4v) is 9.94. The molecule has 5 aromatic rings. The predicted octanol–water partition coefficient (Wildman–Crippen LogP) is 8.71. The highest BCUT2D eigenvalue weighted by Crippen LogP contribution is 2.49. The number of amides is 5. The summed E-state index contributed by atoms with van der Waals surface area (Å²) >= 11 is 14.7. The maximum Gasteiger partial charge on any atom is 0.405 e. The number of nitrogens with zero attached hydrogens (tertiary/aromatic N) is 2. The first kappa shape index (κ1) is 43.7. The summed E-state index contributed by atoms with van der Waals surface area (Å²) in [5.74, 6) is -0.707. The number of carbonyl (C=O) groups excluding carboxylic acids is 5. The Hall–Kier alpha value is -5.37. The third kappa shape index (κ3) is 9.01. The van der Waals surface area contributed by atoms with Gasteiger partial charge in [0.05, 0.1) is 16.1 Å². The van der Waals surface area contributed by atoms with Gasteiger partial charge in [-0.3, -0.25) is 19.2 Å². The lowest BCUT2D eigenvalue weighted by Crippen LogP contribution is -2.49. The van der Waals surface area contributed by atoms with E-state index in [0.717, 1.165) is 54.5 Å². The molecule has 0 radical (unpaired) electrons. The van der Waals surface area contributed by atoms with Gasteiger partial charge < -0.3 is 35.6 Å². The zero-order chi connectivity index (χ0) is 43.5. The number of nitrogens with one attached hydrogen (secondary N) is 2. The molecule has 0 saturated heterocycles. The fraction of sp³-hybridized carbons (Fsp3) is 0.370. The summed E-state index contributed by atoms with van der Waals surface area (Å²) in [7, 11) is 0. The molecule has 1 aromatic heterocycles. The van der Waals surface area contributed by atoms with Crippen molar-refractivity contribution in [1.29, 1.82) is 0 Å². The fourth-order valence-electron chi connectivity index (χ4n) is 8.40. The second-order valence-corrected chi connectivity index (χ2v) is 17.5. The summed E-state index contributed by atoms with van der Waals surface area (Å²) in [6, 6.07) is 20.2. The number of thiophene rings is 1. The smallest absolute Gasteiger partial charge is 0.405 e. The van der Waals surface area contributed by atoms with Crippen molar-refractivity contribution in [3.8, 4) is 5.75 Å². The van der Waals surface area contributed by atoms with Crippen molar-refractivity contribution >= 4 is 102 Å². The van der Waals surface area contributed by atoms with E-state index in [0.29, 0.717) is 43.4 Å². The number of halogens is 2. The summed E-state index contributed by atoms with van der Waals surface area (Å²) in [5.41, 5.74) is 11.1. The average Bonchev–Trinajstić information content (AvgIpc) is 3.94. The SMILES string of the molecule is Cc1csc2c(OCc3ccccc3)cc3c(c12)[C@H](CCl)CN3C(=O)CCCC(=O)N1C[C@@H](CCl)c2c1cc(NC(=O)C(C)NC(=O)C(OC(N)=O)C(C)C)c1ccccc21. The maximum absolute atomic E-state index is 14.1. The molecule has 2 aliphatic rings. The molecule has 2 aliphatic heterocycles. The predicted molar refractivity (Wildman–Crippen MR) is 242 cm³/mol. The summed E-state index contributed by atoms with van der Waals surface area (Å²) in [6.45, 7) is 8.15. The Balaban J connectivity index is 1.07. The first-order chi connectivity index (χ1) is 29.3. The van der Waals surface area contributed by atoms with Gasteiger partial charge in [-0.2, -0.15) is 0 Å². The number of anilines is 3. The van der Waals surface area contributed by atoms with Gasteiger partial charge in [0.25, 0.3) is 5.91 Å². The minimum absolute atomic E-state index is 0.0496. The van der Waals surface area contributed by atoms with E-state index >= 15 is 0 Å². The number of rotatable bonds is 15. The number of alkyl halides is 2. The van der Waals surface area contributed by atoms with Gasteiger partial charge >= 0.3 is 6.09 Å². The van der Waals surface area contributed by atoms with Crippen LogP contribution in [0.4, 0.5) is 21.9 Å². The number of carbonyl (C=O) groups is 5. The molecular formula is C46H49Cl2N5O7S. The van der Waals surface area contributed by atoms with Gasteiger partial charge in [0, 0.05) is 72.1 Å². The Bertz CT molecular complexity index is 2500. The number of hydrogen-bond acceptors (Lipinski definition) is 8. The normalized spacial score (nSPS) is 16.6. The first-order valence-corrected chi connectivity index (χ1v) is 22.3. The second-order valence-electron chi connectivity index (χ2n) is 16.0. The van der Waals surface area contributed by atoms with Gasteiger partial charge in [0.15, 0.2) is 6.10 Å². The molecule has 4 aromatic carbocycles. The quantitative estimate of drug-likeness (QED) is 0.0887. The van der Waals surface area contributed by atoms with E-state index in [4.69, 9.17) is 38.4 Å². The van der Waals surface area contributed by atoms with Crippen molar-refractivity contribution in [3.05, 3.63) is 94.4 Å². The molecular weight excluding hydrogens is 838 g/mol. The number of aryl methyl sites for hydroxylation is 1. The van der Waals surface area contributed by atoms with E-state index in [-0.39, 0.29) is 48.3 Å². The third-order valence-corrected chi connectivity index (χ3v) is 13.2. The number of nitrogens with two attached hydrogens (primary N) is 1. The molecule has 61 heavy (non-hydrogen) atoms. The molecule has 4 N–H and O–H groups in total. The number of benzene rings is 4. The summed E-state index contributed by atoms with van der Waals surface area (Å²) in [4.78, 5) is 69.5. The number of primary amides is 1. The van der Waals surface area contributed by atoms with E-state index in [1.165, 1.54) is 6.92 Å². The van der Waals surface area contributed by atoms with Crippen molar-refractivity contribution < 1.29 is 33.4 Å². The summed E-state index contributed by atoms with van der Waals surface area (Å²) in [6.07, 6.45) is -1.71. The third-order valence-electron chi connectivity index (χ3n) is 11.4. The lowest BCUT2D eigenvalue weighted by Gasteiger charge is -2.23. The molecule has 15 heteroatoms. The lowest BCUT2D eigenvalue weighted by atomic mass is 9.95. The molecule has 0 fully saturated rings. The van der Waals surface area contributed by atoms with Crippen molar-refractivity contribution in [2.75, 3.05) is 40.0 Å². The van der Waals surface area contributed by atoms with Crippen LogP contribution in [0.1, 0.15) is 74.1 Å². The van der Waals surface area contributed by atoms with Gasteiger partial charge in [-0.15, -0.1) is 34.5 Å². The topological polar surface area (TPSA) is 160 Å². The van der Waals surface area contributed by atoms with Crippen LogP contribution in [0.25, 0.3) is 20.9 Å². The lowest BCUT2D eigenvalue weighted by molar-refractivity contribution is -0.134. The highest BCUT2D eigenvalue weighted by Gasteiger charge is 2.37. The van der Waals surface area contributed by atoms with Crippen LogP contribution in [0.2, 0.25) is 0 Å². The van der Waals surface area contributed by atoms with E-state index in [9.17, 15) is 24.0 Å². The number of ether oxygens (including phenoxy) is 2. The second kappa shape index (κ2) is 18.7. The molecule has 4 atom stereocenters. The Kier molecular flexibility index (Phi) is 13.4. The highest BCUT2D eigenvalue weighted by molar-refractivity contribution is 7.17. The first-order valence-electron chi connectivity index (χ1n) is 20.4. The van der Waals surface area contributed by atoms with Gasteiger partial charge in [-0.05, 0) is 65.3 Å². The Morgan fingerprint density at radius 2 is 1.44 bits per heavy atom. The van der Waals surface area contributed by atoms with Crippen LogP contribution in [-0.4, -0.2) is 66.7 Å². The van der Waals surface area contributed by atoms with Gasteiger partial charge in [0.2, 0.25) is 17.7 Å². The van der Waals surface area contributed by atoms with E-state index < -0.39 is 30.1 Å². The summed E-state index contributed by atoms with van der Waals surface area (Å²) < 4.78 is 12.4. The summed E-state index contributed by atoms with van der Waals surface area (Å²) in [5, 5.41) is 10.3. The van der Waals surface area contributed by atoms with Crippen LogP contribution in [0.5, 0.6) is 5.75 Å². The van der Waals surface area contributed by atoms with Crippen molar-refractivity contribution in [1.82, 2.24) is 5.32 Å². The number of fused-ring (bicyclic) bond motifs is 6. The Labute approximate surface area is 368 Å². The molecule has 12 nitrogen and oxygen atoms in total. The van der Waals surface area contributed by atoms with Gasteiger partial charge in [0.1, 0.15) is 18.4 Å². The largest absolute Gasteiger partial charge is 0.487 e. The molecule has 2 unspecified atom stereocenters. The standard InChI is InChI=1S/C46H49Cl2N5O7S/c1-25(2)42(60-46(49)58)45(57)50-27(4)44(56)51-33-17-34-40(32-14-9-8-13-31(32)33)29(19-47)21-52(34)37(54)15-10-16-38(55)53-22-30(20-48)41-35(53)18-36(43-39(41)26(3)24-61-43)59-23-28-11-6-5-7-12-28/h5-9,11-14,17-18,24-25,27,29-30,42H,10,15-16,19-23H2,1-4H3,(H2,49,58)(H,50,57)(H,51,56)/t27?,29-,30-,42?/m1/s1. The minimum Gasteiger partial charge on any atom is -0.487 e. The zero-order valence-corrected chi connectivity index (χ0v) is 36.8. The number of hydrogen-bond donors (Lipinski definition) is 3. The average molecular weight is 887 g/mol. The highest BCUT2D eigenvalue weighted by atomic mass is 35.5. The minimum atomic E-state index is -1.18.